The maximum Gasteiger partial charge on any atom is 0.346 e. The molecule has 2 aromatic heterocycles. The SMILES string of the molecule is CCOc1ccc(/C=N/NC(=O)c2cc(-c3cccs3)[nH]c(=O)n2)cc1OC. The Hall–Kier alpha value is -3.46. The summed E-state index contributed by atoms with van der Waals surface area (Å²) >= 11 is 1.45. The molecule has 9 heteroatoms. The van der Waals surface area contributed by atoms with Crippen LogP contribution in [0.25, 0.3) is 10.6 Å². The van der Waals surface area contributed by atoms with Crippen molar-refractivity contribution in [3.8, 4) is 22.1 Å². The van der Waals surface area contributed by atoms with E-state index >= 15 is 0 Å². The molecule has 0 radical (unpaired) electrons. The van der Waals surface area contributed by atoms with E-state index in [0.717, 1.165) is 4.88 Å². The van der Waals surface area contributed by atoms with Crippen molar-refractivity contribution in [3.05, 3.63) is 63.5 Å². The topological polar surface area (TPSA) is 106 Å². The third kappa shape index (κ3) is 4.63. The first-order chi connectivity index (χ1) is 13.6. The van der Waals surface area contributed by atoms with Crippen molar-refractivity contribution in [1.29, 1.82) is 0 Å². The molecule has 144 valence electrons. The number of carbonyl (C=O) groups excluding carboxylic acids is 1. The molecule has 0 fully saturated rings. The van der Waals surface area contributed by atoms with Crippen molar-refractivity contribution in [1.82, 2.24) is 15.4 Å². The number of nitrogens with zero attached hydrogens (tertiary/aromatic N) is 2. The second kappa shape index (κ2) is 8.96. The molecular formula is C19H18N4O4S. The molecule has 0 atom stereocenters. The Balaban J connectivity index is 1.73. The van der Waals surface area contributed by atoms with E-state index in [4.69, 9.17) is 9.47 Å². The van der Waals surface area contributed by atoms with Gasteiger partial charge in [0, 0.05) is 0 Å². The fourth-order valence-electron chi connectivity index (χ4n) is 2.40. The van der Waals surface area contributed by atoms with Crippen LogP contribution >= 0.6 is 11.3 Å². The van der Waals surface area contributed by atoms with Gasteiger partial charge >= 0.3 is 5.69 Å². The highest BCUT2D eigenvalue weighted by Crippen LogP contribution is 2.27. The fraction of sp³-hybridized carbons (Fsp3) is 0.158. The summed E-state index contributed by atoms with van der Waals surface area (Å²) in [6.07, 6.45) is 1.46. The number of hydrogen-bond acceptors (Lipinski definition) is 7. The van der Waals surface area contributed by atoms with Crippen LogP contribution in [-0.2, 0) is 0 Å². The Bertz CT molecular complexity index is 1040. The molecule has 0 aliphatic rings. The van der Waals surface area contributed by atoms with Gasteiger partial charge in [-0.15, -0.1) is 11.3 Å². The summed E-state index contributed by atoms with van der Waals surface area (Å²) in [6.45, 7) is 2.41. The summed E-state index contributed by atoms with van der Waals surface area (Å²) in [6, 6.07) is 10.5. The second-order valence-electron chi connectivity index (χ2n) is 5.50. The van der Waals surface area contributed by atoms with E-state index in [0.29, 0.717) is 29.4 Å². The molecule has 28 heavy (non-hydrogen) atoms. The lowest BCUT2D eigenvalue weighted by Crippen LogP contribution is -2.24. The standard InChI is InChI=1S/C19H18N4O4S/c1-3-27-15-7-6-12(9-16(15)26-2)11-20-23-18(24)14-10-13(21-19(25)22-14)17-5-4-8-28-17/h4-11H,3H2,1-2H3,(H,23,24)(H,21,22,25)/b20-11+. The normalized spacial score (nSPS) is 10.8. The Morgan fingerprint density at radius 2 is 2.18 bits per heavy atom. The number of methoxy groups -OCH3 is 1. The van der Waals surface area contributed by atoms with Crippen LogP contribution in [0.4, 0.5) is 0 Å². The first kappa shape index (κ1) is 19.3. The fourth-order valence-corrected chi connectivity index (χ4v) is 3.10. The van der Waals surface area contributed by atoms with Crippen LogP contribution in [0.3, 0.4) is 0 Å². The molecule has 0 aliphatic heterocycles. The Labute approximate surface area is 164 Å². The van der Waals surface area contributed by atoms with Crippen LogP contribution < -0.4 is 20.6 Å². The molecule has 2 heterocycles. The highest BCUT2D eigenvalue weighted by atomic mass is 32.1. The third-order valence-electron chi connectivity index (χ3n) is 3.63. The highest BCUT2D eigenvalue weighted by molar-refractivity contribution is 7.13. The zero-order valence-corrected chi connectivity index (χ0v) is 16.1. The van der Waals surface area contributed by atoms with Crippen LogP contribution in [0.5, 0.6) is 11.5 Å². The number of hydrazone groups is 1. The van der Waals surface area contributed by atoms with Gasteiger partial charge in [0.05, 0.1) is 30.5 Å². The number of H-pyrrole nitrogens is 1. The van der Waals surface area contributed by atoms with Crippen molar-refractivity contribution in [2.45, 2.75) is 6.92 Å². The minimum Gasteiger partial charge on any atom is -0.493 e. The zero-order valence-electron chi connectivity index (χ0n) is 15.3. The summed E-state index contributed by atoms with van der Waals surface area (Å²) in [5.74, 6) is 0.604. The predicted molar refractivity (Wildman–Crippen MR) is 107 cm³/mol. The number of hydrogen-bond donors (Lipinski definition) is 2. The summed E-state index contributed by atoms with van der Waals surface area (Å²) in [5, 5.41) is 5.80. The molecule has 3 aromatic rings. The molecule has 0 unspecified atom stereocenters. The van der Waals surface area contributed by atoms with Gasteiger partial charge in [-0.2, -0.15) is 10.1 Å². The molecule has 1 amide bonds. The molecule has 0 saturated heterocycles. The van der Waals surface area contributed by atoms with Crippen LogP contribution in [0.2, 0.25) is 0 Å². The lowest BCUT2D eigenvalue weighted by molar-refractivity contribution is 0.0949. The van der Waals surface area contributed by atoms with E-state index in [1.54, 1.807) is 25.3 Å². The molecular weight excluding hydrogens is 380 g/mol. The number of rotatable bonds is 7. The van der Waals surface area contributed by atoms with Gasteiger partial charge in [0.1, 0.15) is 5.69 Å². The van der Waals surface area contributed by atoms with Crippen molar-refractivity contribution in [3.63, 3.8) is 0 Å². The van der Waals surface area contributed by atoms with Crippen molar-refractivity contribution in [2.75, 3.05) is 13.7 Å². The number of benzene rings is 1. The first-order valence-electron chi connectivity index (χ1n) is 8.40. The number of aromatic amines is 1. The van der Waals surface area contributed by atoms with E-state index in [1.165, 1.54) is 23.6 Å². The van der Waals surface area contributed by atoms with Crippen LogP contribution in [0, 0.1) is 0 Å². The molecule has 3 rings (SSSR count). The maximum atomic E-state index is 12.3. The number of carbonyl (C=O) groups is 1. The number of aromatic nitrogens is 2. The maximum absolute atomic E-state index is 12.3. The largest absolute Gasteiger partial charge is 0.493 e. The summed E-state index contributed by atoms with van der Waals surface area (Å²) in [7, 11) is 1.55. The smallest absolute Gasteiger partial charge is 0.346 e. The first-order valence-corrected chi connectivity index (χ1v) is 9.28. The van der Waals surface area contributed by atoms with Gasteiger partial charge in [-0.3, -0.25) is 4.79 Å². The minimum atomic E-state index is -0.601. The lowest BCUT2D eigenvalue weighted by atomic mass is 10.2. The molecule has 0 aliphatic carbocycles. The van der Waals surface area contributed by atoms with Gasteiger partial charge in [-0.05, 0) is 48.2 Å². The average molecular weight is 398 g/mol. The van der Waals surface area contributed by atoms with Crippen LogP contribution in [0.1, 0.15) is 23.0 Å². The van der Waals surface area contributed by atoms with E-state index in [2.05, 4.69) is 20.5 Å². The summed E-state index contributed by atoms with van der Waals surface area (Å²) in [4.78, 5) is 31.2. The molecule has 0 spiro atoms. The van der Waals surface area contributed by atoms with Gasteiger partial charge in [0.15, 0.2) is 11.5 Å². The van der Waals surface area contributed by atoms with E-state index in [9.17, 15) is 9.59 Å². The average Bonchev–Trinajstić information content (AvgIpc) is 3.23. The van der Waals surface area contributed by atoms with E-state index in [-0.39, 0.29) is 5.69 Å². The van der Waals surface area contributed by atoms with Gasteiger partial charge in [0.2, 0.25) is 0 Å². The van der Waals surface area contributed by atoms with Crippen LogP contribution in [0.15, 0.2) is 51.7 Å². The number of thiophene rings is 1. The van der Waals surface area contributed by atoms with E-state index in [1.807, 2.05) is 24.4 Å². The lowest BCUT2D eigenvalue weighted by Gasteiger charge is -2.09. The van der Waals surface area contributed by atoms with Gasteiger partial charge in [0.25, 0.3) is 5.91 Å². The van der Waals surface area contributed by atoms with Crippen molar-refractivity contribution < 1.29 is 14.3 Å². The zero-order chi connectivity index (χ0) is 19.9. The highest BCUT2D eigenvalue weighted by Gasteiger charge is 2.11. The Kier molecular flexibility index (Phi) is 6.18. The molecule has 0 bridgehead atoms. The monoisotopic (exact) mass is 398 g/mol. The van der Waals surface area contributed by atoms with Gasteiger partial charge in [-0.1, -0.05) is 6.07 Å². The third-order valence-corrected chi connectivity index (χ3v) is 4.53. The molecule has 1 aromatic carbocycles. The molecule has 2 N–H and O–H groups in total. The number of amides is 1. The van der Waals surface area contributed by atoms with Gasteiger partial charge < -0.3 is 14.5 Å². The van der Waals surface area contributed by atoms with E-state index < -0.39 is 11.6 Å². The second-order valence-corrected chi connectivity index (χ2v) is 6.45. The predicted octanol–water partition coefficient (Wildman–Crippen LogP) is 2.67. The quantitative estimate of drug-likeness (QED) is 0.470. The Morgan fingerprint density at radius 1 is 1.32 bits per heavy atom. The number of ether oxygens (including phenoxy) is 2. The van der Waals surface area contributed by atoms with Crippen LogP contribution in [-0.4, -0.2) is 35.8 Å². The summed E-state index contributed by atoms with van der Waals surface area (Å²) < 4.78 is 10.7. The van der Waals surface area contributed by atoms with Crippen molar-refractivity contribution >= 4 is 23.5 Å². The minimum absolute atomic E-state index is 0.0198. The van der Waals surface area contributed by atoms with Gasteiger partial charge in [-0.25, -0.2) is 10.2 Å². The Morgan fingerprint density at radius 3 is 2.89 bits per heavy atom. The van der Waals surface area contributed by atoms with Crippen molar-refractivity contribution in [2.24, 2.45) is 5.10 Å². The molecule has 8 nitrogen and oxygen atoms in total. The molecule has 0 saturated carbocycles. The summed E-state index contributed by atoms with van der Waals surface area (Å²) in [5.41, 5.74) is 2.99. The number of nitrogens with one attached hydrogen (secondary N) is 2.